The summed E-state index contributed by atoms with van der Waals surface area (Å²) >= 11 is 0. The van der Waals surface area contributed by atoms with Crippen LogP contribution < -0.4 is 5.73 Å². The van der Waals surface area contributed by atoms with Crippen molar-refractivity contribution >= 4 is 5.91 Å². The number of aliphatic hydroxyl groups is 1. The Hall–Kier alpha value is -0.610. The maximum absolute atomic E-state index is 12.4. The van der Waals surface area contributed by atoms with Crippen LogP contribution in [0.15, 0.2) is 0 Å². The van der Waals surface area contributed by atoms with Crippen LogP contribution in [0.3, 0.4) is 0 Å². The van der Waals surface area contributed by atoms with Gasteiger partial charge in [-0.1, -0.05) is 0 Å². The number of amides is 1. The number of likely N-dealkylation sites (tertiary alicyclic amines) is 1. The molecular weight excluding hydrogens is 252 g/mol. The third-order valence-corrected chi connectivity index (χ3v) is 5.18. The van der Waals surface area contributed by atoms with Gasteiger partial charge in [0.2, 0.25) is 5.91 Å². The quantitative estimate of drug-likeness (QED) is 0.831. The van der Waals surface area contributed by atoms with E-state index in [-0.39, 0.29) is 0 Å². The molecule has 1 aliphatic carbocycles. The number of nitrogens with zero attached hydrogens (tertiary/aromatic N) is 1. The van der Waals surface area contributed by atoms with Gasteiger partial charge in [-0.3, -0.25) is 4.79 Å². The zero-order valence-corrected chi connectivity index (χ0v) is 12.8. The lowest BCUT2D eigenvalue weighted by atomic mass is 9.80. The summed E-state index contributed by atoms with van der Waals surface area (Å²) in [6.45, 7) is 4.20. The minimum atomic E-state index is -0.589. The molecule has 1 saturated heterocycles. The molecule has 116 valence electrons. The molecule has 0 aromatic carbocycles. The predicted molar refractivity (Wildman–Crippen MR) is 80.2 cm³/mol. The Kier molecular flexibility index (Phi) is 5.44. The van der Waals surface area contributed by atoms with Crippen molar-refractivity contribution in [1.29, 1.82) is 0 Å². The van der Waals surface area contributed by atoms with Crippen LogP contribution in [0.4, 0.5) is 0 Å². The van der Waals surface area contributed by atoms with Crippen LogP contribution in [-0.4, -0.2) is 41.1 Å². The largest absolute Gasteiger partial charge is 0.390 e. The van der Waals surface area contributed by atoms with Crippen LogP contribution >= 0.6 is 0 Å². The zero-order chi connectivity index (χ0) is 14.6. The summed E-state index contributed by atoms with van der Waals surface area (Å²) in [5.74, 6) is 1.52. The SMILES string of the molecule is CC1(O)CCCN(C(=O)CC2CCC(CN)CC2)CC1. The number of nitrogens with two attached hydrogens (primary N) is 1. The maximum Gasteiger partial charge on any atom is 0.222 e. The number of carbonyl (C=O) groups excluding carboxylic acids is 1. The summed E-state index contributed by atoms with van der Waals surface area (Å²) in [5.41, 5.74) is 5.12. The number of hydrogen-bond donors (Lipinski definition) is 2. The Labute approximate surface area is 122 Å². The fourth-order valence-corrected chi connectivity index (χ4v) is 3.56. The smallest absolute Gasteiger partial charge is 0.222 e. The summed E-state index contributed by atoms with van der Waals surface area (Å²) in [6.07, 6.45) is 7.79. The molecule has 0 radical (unpaired) electrons. The monoisotopic (exact) mass is 282 g/mol. The van der Waals surface area contributed by atoms with Crippen molar-refractivity contribution in [2.24, 2.45) is 17.6 Å². The lowest BCUT2D eigenvalue weighted by Gasteiger charge is -2.29. The minimum absolute atomic E-state index is 0.291. The van der Waals surface area contributed by atoms with Gasteiger partial charge in [-0.15, -0.1) is 0 Å². The standard InChI is InChI=1S/C16H30N2O2/c1-16(20)7-2-9-18(10-8-16)15(19)11-13-3-5-14(12-17)6-4-13/h13-14,20H,2-12,17H2,1H3. The van der Waals surface area contributed by atoms with Crippen molar-refractivity contribution in [3.8, 4) is 0 Å². The fourth-order valence-electron chi connectivity index (χ4n) is 3.56. The fraction of sp³-hybridized carbons (Fsp3) is 0.938. The first-order valence-electron chi connectivity index (χ1n) is 8.20. The third-order valence-electron chi connectivity index (χ3n) is 5.18. The van der Waals surface area contributed by atoms with E-state index in [1.165, 1.54) is 12.8 Å². The first-order valence-corrected chi connectivity index (χ1v) is 8.20. The van der Waals surface area contributed by atoms with Gasteiger partial charge in [-0.05, 0) is 70.3 Å². The van der Waals surface area contributed by atoms with Gasteiger partial charge in [0, 0.05) is 19.5 Å². The molecule has 0 aromatic heterocycles. The van der Waals surface area contributed by atoms with Crippen molar-refractivity contribution in [3.63, 3.8) is 0 Å². The van der Waals surface area contributed by atoms with Gasteiger partial charge in [0.05, 0.1) is 5.60 Å². The van der Waals surface area contributed by atoms with E-state index < -0.39 is 5.60 Å². The highest BCUT2D eigenvalue weighted by Gasteiger charge is 2.29. The average Bonchev–Trinajstić information content (AvgIpc) is 2.60. The van der Waals surface area contributed by atoms with Gasteiger partial charge >= 0.3 is 0 Å². The van der Waals surface area contributed by atoms with Crippen molar-refractivity contribution in [2.75, 3.05) is 19.6 Å². The number of rotatable bonds is 3. The molecule has 2 aliphatic rings. The van der Waals surface area contributed by atoms with Crippen LogP contribution in [0.25, 0.3) is 0 Å². The Balaban J connectivity index is 1.77. The molecule has 2 rings (SSSR count). The van der Waals surface area contributed by atoms with E-state index in [1.807, 2.05) is 11.8 Å². The van der Waals surface area contributed by atoms with Gasteiger partial charge in [-0.25, -0.2) is 0 Å². The van der Waals surface area contributed by atoms with Gasteiger partial charge in [-0.2, -0.15) is 0 Å². The molecule has 1 aliphatic heterocycles. The molecule has 1 saturated carbocycles. The van der Waals surface area contributed by atoms with Gasteiger partial charge < -0.3 is 15.7 Å². The van der Waals surface area contributed by atoms with Gasteiger partial charge in [0.15, 0.2) is 0 Å². The third kappa shape index (κ3) is 4.45. The molecule has 0 spiro atoms. The second-order valence-electron chi connectivity index (χ2n) is 7.06. The average molecular weight is 282 g/mol. The molecular formula is C16H30N2O2. The molecule has 1 heterocycles. The van der Waals surface area contributed by atoms with Crippen LogP contribution in [0.2, 0.25) is 0 Å². The molecule has 1 amide bonds. The molecule has 4 heteroatoms. The lowest BCUT2D eigenvalue weighted by molar-refractivity contribution is -0.132. The summed E-state index contributed by atoms with van der Waals surface area (Å²) in [6, 6.07) is 0. The second-order valence-corrected chi connectivity index (χ2v) is 7.06. The Morgan fingerprint density at radius 2 is 1.85 bits per heavy atom. The second kappa shape index (κ2) is 6.90. The Morgan fingerprint density at radius 1 is 1.20 bits per heavy atom. The van der Waals surface area contributed by atoms with Gasteiger partial charge in [0.25, 0.3) is 0 Å². The van der Waals surface area contributed by atoms with E-state index in [4.69, 9.17) is 5.73 Å². The molecule has 1 unspecified atom stereocenters. The Morgan fingerprint density at radius 3 is 2.50 bits per heavy atom. The van der Waals surface area contributed by atoms with E-state index in [9.17, 15) is 9.90 Å². The summed E-state index contributed by atoms with van der Waals surface area (Å²) < 4.78 is 0. The van der Waals surface area contributed by atoms with Crippen LogP contribution in [0.1, 0.15) is 58.3 Å². The molecule has 1 atom stereocenters. The molecule has 0 aromatic rings. The Bertz CT molecular complexity index is 322. The lowest BCUT2D eigenvalue weighted by Crippen LogP contribution is -2.35. The van der Waals surface area contributed by atoms with E-state index in [0.29, 0.717) is 37.1 Å². The molecule has 3 N–H and O–H groups in total. The van der Waals surface area contributed by atoms with Crippen molar-refractivity contribution in [3.05, 3.63) is 0 Å². The maximum atomic E-state index is 12.4. The molecule has 2 fully saturated rings. The summed E-state index contributed by atoms with van der Waals surface area (Å²) in [7, 11) is 0. The van der Waals surface area contributed by atoms with Crippen LogP contribution in [0, 0.1) is 11.8 Å². The first kappa shape index (κ1) is 15.8. The van der Waals surface area contributed by atoms with Gasteiger partial charge in [0.1, 0.15) is 0 Å². The highest BCUT2D eigenvalue weighted by atomic mass is 16.3. The predicted octanol–water partition coefficient (Wildman–Crippen LogP) is 1.91. The molecule has 20 heavy (non-hydrogen) atoms. The number of carbonyl (C=O) groups is 1. The minimum Gasteiger partial charge on any atom is -0.390 e. The molecule has 4 nitrogen and oxygen atoms in total. The van der Waals surface area contributed by atoms with Crippen molar-refractivity contribution < 1.29 is 9.90 Å². The topological polar surface area (TPSA) is 66.6 Å². The van der Waals surface area contributed by atoms with E-state index in [0.717, 1.165) is 38.8 Å². The normalized spacial score (nSPS) is 35.6. The summed E-state index contributed by atoms with van der Waals surface area (Å²) in [5, 5.41) is 10.1. The number of hydrogen-bond acceptors (Lipinski definition) is 3. The highest BCUT2D eigenvalue weighted by molar-refractivity contribution is 5.76. The van der Waals surface area contributed by atoms with E-state index in [1.54, 1.807) is 0 Å². The van der Waals surface area contributed by atoms with Crippen molar-refractivity contribution in [2.45, 2.75) is 63.9 Å². The first-order chi connectivity index (χ1) is 9.50. The molecule has 0 bridgehead atoms. The van der Waals surface area contributed by atoms with E-state index in [2.05, 4.69) is 0 Å². The van der Waals surface area contributed by atoms with Crippen LogP contribution in [-0.2, 0) is 4.79 Å². The zero-order valence-electron chi connectivity index (χ0n) is 12.8. The van der Waals surface area contributed by atoms with Crippen molar-refractivity contribution in [1.82, 2.24) is 4.90 Å². The highest BCUT2D eigenvalue weighted by Crippen LogP contribution is 2.31. The van der Waals surface area contributed by atoms with Crippen LogP contribution in [0.5, 0.6) is 0 Å². The summed E-state index contributed by atoms with van der Waals surface area (Å²) in [4.78, 5) is 14.4. The van der Waals surface area contributed by atoms with E-state index >= 15 is 0 Å².